The molecule has 7 heteroatoms. The number of benzene rings is 1. The highest BCUT2D eigenvalue weighted by Crippen LogP contribution is 2.53. The number of aromatic carboxylic acids is 1. The van der Waals surface area contributed by atoms with Crippen LogP contribution in [0.4, 0.5) is 17.6 Å². The molecule has 2 aliphatic carbocycles. The lowest BCUT2D eigenvalue weighted by Crippen LogP contribution is -2.37. The van der Waals surface area contributed by atoms with Gasteiger partial charge in [0.25, 0.3) is 5.76 Å². The molecule has 37 heavy (non-hydrogen) atoms. The Morgan fingerprint density at radius 1 is 1.05 bits per heavy atom. The van der Waals surface area contributed by atoms with Crippen LogP contribution in [0.3, 0.4) is 0 Å². The molecule has 3 rings (SSSR count). The molecular formula is C30H40F4O2S. The average Bonchev–Trinajstić information content (AvgIpc) is 2.88. The van der Waals surface area contributed by atoms with Gasteiger partial charge in [-0.05, 0) is 60.8 Å². The SMILES string of the molecule is CCCCCCCCCCC1CCC(c2c(C(=O)O)cccc2C2(SC(F)F)C=CC=C(F)C2F)CC1. The van der Waals surface area contributed by atoms with Crippen LogP contribution in [0.5, 0.6) is 0 Å². The molecule has 0 spiro atoms. The van der Waals surface area contributed by atoms with Crippen molar-refractivity contribution in [1.82, 2.24) is 0 Å². The van der Waals surface area contributed by atoms with Gasteiger partial charge < -0.3 is 5.11 Å². The second-order valence-electron chi connectivity index (χ2n) is 10.5. The molecule has 2 unspecified atom stereocenters. The van der Waals surface area contributed by atoms with Crippen LogP contribution in [-0.4, -0.2) is 23.0 Å². The molecule has 206 valence electrons. The maximum atomic E-state index is 15.4. The molecule has 2 nitrogen and oxygen atoms in total. The van der Waals surface area contributed by atoms with E-state index in [1.54, 1.807) is 0 Å². The van der Waals surface area contributed by atoms with Crippen LogP contribution in [0, 0.1) is 5.92 Å². The molecule has 1 aromatic carbocycles. The maximum absolute atomic E-state index is 15.4. The molecule has 0 aromatic heterocycles. The number of hydrogen-bond acceptors (Lipinski definition) is 2. The number of rotatable bonds is 14. The summed E-state index contributed by atoms with van der Waals surface area (Å²) in [7, 11) is 0. The van der Waals surface area contributed by atoms with Gasteiger partial charge in [0.05, 0.1) is 5.56 Å². The van der Waals surface area contributed by atoms with E-state index in [0.717, 1.165) is 25.3 Å². The van der Waals surface area contributed by atoms with E-state index in [0.29, 0.717) is 24.3 Å². The Bertz CT molecular complexity index is 940. The van der Waals surface area contributed by atoms with E-state index in [4.69, 9.17) is 0 Å². The predicted molar refractivity (Wildman–Crippen MR) is 144 cm³/mol. The molecule has 0 radical (unpaired) electrons. The van der Waals surface area contributed by atoms with E-state index < -0.39 is 28.5 Å². The van der Waals surface area contributed by atoms with E-state index in [1.807, 2.05) is 0 Å². The molecule has 2 atom stereocenters. The summed E-state index contributed by atoms with van der Waals surface area (Å²) in [5.74, 6) is -4.90. The Labute approximate surface area is 223 Å². The number of carboxylic acid groups (broad SMARTS) is 1. The summed E-state index contributed by atoms with van der Waals surface area (Å²) < 4.78 is 55.1. The Morgan fingerprint density at radius 2 is 1.70 bits per heavy atom. The highest BCUT2D eigenvalue weighted by Gasteiger charge is 2.48. The monoisotopic (exact) mass is 540 g/mol. The van der Waals surface area contributed by atoms with E-state index in [9.17, 15) is 23.1 Å². The van der Waals surface area contributed by atoms with E-state index in [-0.39, 0.29) is 28.8 Å². The first-order chi connectivity index (χ1) is 17.8. The summed E-state index contributed by atoms with van der Waals surface area (Å²) in [6, 6.07) is 4.39. The first-order valence-electron chi connectivity index (χ1n) is 13.8. The fraction of sp³-hybridized carbons (Fsp3) is 0.633. The summed E-state index contributed by atoms with van der Waals surface area (Å²) in [6.45, 7) is 2.22. The molecule has 1 fully saturated rings. The van der Waals surface area contributed by atoms with Crippen molar-refractivity contribution in [2.75, 3.05) is 0 Å². The summed E-state index contributed by atoms with van der Waals surface area (Å²) in [5, 5.41) is 9.94. The number of alkyl halides is 3. The van der Waals surface area contributed by atoms with Gasteiger partial charge in [-0.2, -0.15) is 8.78 Å². The summed E-state index contributed by atoms with van der Waals surface area (Å²) >= 11 is 0.0397. The second kappa shape index (κ2) is 14.4. The maximum Gasteiger partial charge on any atom is 0.335 e. The third-order valence-electron chi connectivity index (χ3n) is 7.98. The zero-order chi connectivity index (χ0) is 26.8. The van der Waals surface area contributed by atoms with Crippen molar-refractivity contribution in [3.63, 3.8) is 0 Å². The summed E-state index contributed by atoms with van der Waals surface area (Å²) in [5.41, 5.74) is 0.528. The van der Waals surface area contributed by atoms with Crippen molar-refractivity contribution in [3.8, 4) is 0 Å². The molecule has 0 bridgehead atoms. The zero-order valence-corrected chi connectivity index (χ0v) is 22.6. The molecule has 0 saturated heterocycles. The second-order valence-corrected chi connectivity index (χ2v) is 11.8. The summed E-state index contributed by atoms with van der Waals surface area (Å²) in [4.78, 5) is 12.2. The van der Waals surface area contributed by atoms with Crippen LogP contribution in [0.25, 0.3) is 0 Å². The molecule has 0 aliphatic heterocycles. The van der Waals surface area contributed by atoms with Gasteiger partial charge in [-0.3, -0.25) is 0 Å². The molecule has 2 aliphatic rings. The van der Waals surface area contributed by atoms with Crippen molar-refractivity contribution in [1.29, 1.82) is 0 Å². The minimum absolute atomic E-state index is 0.00572. The Kier molecular flexibility index (Phi) is 11.6. The first kappa shape index (κ1) is 29.8. The lowest BCUT2D eigenvalue weighted by atomic mass is 9.72. The minimum Gasteiger partial charge on any atom is -0.478 e. The third kappa shape index (κ3) is 7.64. The van der Waals surface area contributed by atoms with Gasteiger partial charge in [-0.15, -0.1) is 0 Å². The predicted octanol–water partition coefficient (Wildman–Crippen LogP) is 10.1. The number of carbonyl (C=O) groups is 1. The number of unbranched alkanes of at least 4 members (excludes halogenated alkanes) is 7. The highest BCUT2D eigenvalue weighted by molar-refractivity contribution is 8.00. The molecular weight excluding hydrogens is 500 g/mol. The molecule has 0 amide bonds. The lowest BCUT2D eigenvalue weighted by Gasteiger charge is -2.39. The van der Waals surface area contributed by atoms with E-state index in [2.05, 4.69) is 6.92 Å². The number of carboxylic acids is 1. The van der Waals surface area contributed by atoms with Gasteiger partial charge in [0.15, 0.2) is 6.17 Å². The van der Waals surface area contributed by atoms with Crippen LogP contribution in [0.1, 0.15) is 118 Å². The van der Waals surface area contributed by atoms with Gasteiger partial charge in [-0.1, -0.05) is 101 Å². The van der Waals surface area contributed by atoms with Crippen LogP contribution in [0.2, 0.25) is 0 Å². The van der Waals surface area contributed by atoms with Gasteiger partial charge in [-0.25, -0.2) is 13.6 Å². The van der Waals surface area contributed by atoms with Crippen molar-refractivity contribution >= 4 is 17.7 Å². The normalized spacial score (nSPS) is 25.9. The standard InChI is InChI=1S/C30H40F4O2S/c1-2-3-4-5-6-7-8-9-12-21-16-18-22(19-17-21)26-23(28(35)36)13-10-14-24(26)30(37-29(33)34)20-11-15-25(31)27(30)32/h10-11,13-15,20-22,27,29H,2-9,12,16-19H2,1H3,(H,35,36). The number of thioether (sulfide) groups is 1. The van der Waals surface area contributed by atoms with Crippen LogP contribution in [0.15, 0.2) is 42.3 Å². The number of hydrogen-bond donors (Lipinski definition) is 1. The van der Waals surface area contributed by atoms with Gasteiger partial charge in [0.2, 0.25) is 0 Å². The largest absolute Gasteiger partial charge is 0.478 e. The Hall–Kier alpha value is -1.76. The van der Waals surface area contributed by atoms with Crippen molar-refractivity contribution < 1.29 is 27.5 Å². The lowest BCUT2D eigenvalue weighted by molar-refractivity contribution is 0.0694. The molecule has 0 heterocycles. The topological polar surface area (TPSA) is 37.3 Å². The quantitative estimate of drug-likeness (QED) is 0.188. The minimum atomic E-state index is -2.96. The van der Waals surface area contributed by atoms with Gasteiger partial charge in [0.1, 0.15) is 10.6 Å². The van der Waals surface area contributed by atoms with E-state index >= 15 is 4.39 Å². The third-order valence-corrected chi connectivity index (χ3v) is 9.11. The molecule has 1 aromatic rings. The van der Waals surface area contributed by atoms with Gasteiger partial charge >= 0.3 is 5.97 Å². The number of allylic oxidation sites excluding steroid dienone is 3. The Morgan fingerprint density at radius 3 is 2.32 bits per heavy atom. The van der Waals surface area contributed by atoms with Crippen LogP contribution < -0.4 is 0 Å². The number of halogens is 4. The van der Waals surface area contributed by atoms with E-state index in [1.165, 1.54) is 81.7 Å². The molecule has 1 saturated carbocycles. The zero-order valence-electron chi connectivity index (χ0n) is 21.7. The van der Waals surface area contributed by atoms with Crippen LogP contribution in [-0.2, 0) is 4.75 Å². The average molecular weight is 541 g/mol. The molecule has 1 N–H and O–H groups in total. The van der Waals surface area contributed by atoms with Crippen molar-refractivity contribution in [3.05, 3.63) is 58.9 Å². The Balaban J connectivity index is 1.73. The fourth-order valence-corrected chi connectivity index (χ4v) is 7.02. The van der Waals surface area contributed by atoms with Crippen molar-refractivity contribution in [2.45, 2.75) is 113 Å². The smallest absolute Gasteiger partial charge is 0.335 e. The van der Waals surface area contributed by atoms with Crippen molar-refractivity contribution in [2.24, 2.45) is 5.92 Å². The van der Waals surface area contributed by atoms with Crippen LogP contribution >= 0.6 is 11.8 Å². The highest BCUT2D eigenvalue weighted by atomic mass is 32.2. The van der Waals surface area contributed by atoms with Gasteiger partial charge in [0, 0.05) is 0 Å². The summed E-state index contributed by atoms with van der Waals surface area (Å²) in [6.07, 6.45) is 15.7. The fourth-order valence-electron chi connectivity index (χ4n) is 6.03. The first-order valence-corrected chi connectivity index (χ1v) is 14.7.